The van der Waals surface area contributed by atoms with Crippen molar-refractivity contribution in [3.05, 3.63) is 33.8 Å². The Balaban J connectivity index is 2.45. The Labute approximate surface area is 105 Å². The summed E-state index contributed by atoms with van der Waals surface area (Å²) in [5, 5.41) is 6.34. The van der Waals surface area contributed by atoms with Gasteiger partial charge in [-0.2, -0.15) is 5.10 Å². The van der Waals surface area contributed by atoms with Gasteiger partial charge >= 0.3 is 0 Å². The summed E-state index contributed by atoms with van der Waals surface area (Å²) in [6.07, 6.45) is 1.72. The summed E-state index contributed by atoms with van der Waals surface area (Å²) >= 11 is 1.67. The van der Waals surface area contributed by atoms with Gasteiger partial charge in [0, 0.05) is 11.4 Å². The van der Waals surface area contributed by atoms with E-state index in [2.05, 4.69) is 23.5 Å². The molecule has 0 spiro atoms. The molecule has 0 aromatic carbocycles. The normalized spacial score (nSPS) is 12.7. The first-order valence-corrected chi connectivity index (χ1v) is 6.46. The van der Waals surface area contributed by atoms with Crippen LogP contribution < -0.4 is 10.5 Å². The van der Waals surface area contributed by atoms with Crippen LogP contribution in [0.25, 0.3) is 0 Å². The zero-order chi connectivity index (χ0) is 12.4. The molecule has 0 aliphatic carbocycles. The van der Waals surface area contributed by atoms with Gasteiger partial charge in [0.15, 0.2) is 5.75 Å². The Morgan fingerprint density at radius 1 is 1.59 bits per heavy atom. The molecule has 0 amide bonds. The summed E-state index contributed by atoms with van der Waals surface area (Å²) in [7, 11) is 1.65. The zero-order valence-corrected chi connectivity index (χ0v) is 11.1. The van der Waals surface area contributed by atoms with Gasteiger partial charge in [-0.1, -0.05) is 0 Å². The van der Waals surface area contributed by atoms with E-state index in [9.17, 15) is 0 Å². The first-order valence-electron chi connectivity index (χ1n) is 5.58. The van der Waals surface area contributed by atoms with E-state index in [1.165, 1.54) is 10.4 Å². The number of nitrogens with two attached hydrogens (primary N) is 1. The van der Waals surface area contributed by atoms with Crippen LogP contribution in [0.3, 0.4) is 0 Å². The number of aromatic nitrogens is 2. The van der Waals surface area contributed by atoms with E-state index >= 15 is 0 Å². The summed E-state index contributed by atoms with van der Waals surface area (Å²) in [6, 6.07) is 1.91. The van der Waals surface area contributed by atoms with Crippen LogP contribution in [0.15, 0.2) is 17.6 Å². The Morgan fingerprint density at radius 3 is 2.88 bits per heavy atom. The average molecular weight is 251 g/mol. The molecule has 5 heteroatoms. The standard InChI is InChI=1S/C12H17N3OS/c1-4-15-11(9(16-3)7-14-15)10(13)12-8(2)5-6-17-12/h5-7,10H,4,13H2,1-3H3. The largest absolute Gasteiger partial charge is 0.493 e. The third-order valence-corrected chi connectivity index (χ3v) is 3.95. The first-order chi connectivity index (χ1) is 8.19. The van der Waals surface area contributed by atoms with E-state index in [0.717, 1.165) is 18.0 Å². The fourth-order valence-electron chi connectivity index (χ4n) is 1.93. The lowest BCUT2D eigenvalue weighted by Crippen LogP contribution is -2.17. The zero-order valence-electron chi connectivity index (χ0n) is 10.3. The van der Waals surface area contributed by atoms with Gasteiger partial charge in [0.05, 0.1) is 19.3 Å². The Bertz CT molecular complexity index is 482. The van der Waals surface area contributed by atoms with Gasteiger partial charge in [-0.25, -0.2) is 0 Å². The van der Waals surface area contributed by atoms with Crippen LogP contribution in [0.4, 0.5) is 0 Å². The molecular formula is C12H17N3OS. The highest BCUT2D eigenvalue weighted by molar-refractivity contribution is 7.10. The number of ether oxygens (including phenoxy) is 1. The third kappa shape index (κ3) is 2.08. The molecular weight excluding hydrogens is 234 g/mol. The first kappa shape index (κ1) is 12.1. The van der Waals surface area contributed by atoms with Gasteiger partial charge in [-0.15, -0.1) is 11.3 Å². The topological polar surface area (TPSA) is 53.1 Å². The van der Waals surface area contributed by atoms with E-state index in [1.807, 2.05) is 11.6 Å². The number of thiophene rings is 1. The summed E-state index contributed by atoms with van der Waals surface area (Å²) in [5.74, 6) is 0.757. The number of methoxy groups -OCH3 is 1. The molecule has 17 heavy (non-hydrogen) atoms. The number of nitrogens with zero attached hydrogens (tertiary/aromatic N) is 2. The molecule has 0 saturated carbocycles. The van der Waals surface area contributed by atoms with Crippen molar-refractivity contribution in [2.75, 3.05) is 7.11 Å². The van der Waals surface area contributed by atoms with Crippen LogP contribution >= 0.6 is 11.3 Å². The lowest BCUT2D eigenvalue weighted by atomic mass is 10.1. The molecule has 4 nitrogen and oxygen atoms in total. The SMILES string of the molecule is CCn1ncc(OC)c1C(N)c1sccc1C. The number of hydrogen-bond acceptors (Lipinski definition) is 4. The minimum atomic E-state index is -0.174. The second-order valence-corrected chi connectivity index (χ2v) is 4.81. The molecule has 2 rings (SSSR count). The molecule has 1 atom stereocenters. The Kier molecular flexibility index (Phi) is 3.49. The van der Waals surface area contributed by atoms with E-state index < -0.39 is 0 Å². The van der Waals surface area contributed by atoms with Crippen LogP contribution in [0, 0.1) is 6.92 Å². The van der Waals surface area contributed by atoms with Gasteiger partial charge in [-0.3, -0.25) is 4.68 Å². The molecule has 2 aromatic rings. The molecule has 0 saturated heterocycles. The van der Waals surface area contributed by atoms with E-state index in [0.29, 0.717) is 0 Å². The molecule has 0 fully saturated rings. The quantitative estimate of drug-likeness (QED) is 0.907. The van der Waals surface area contributed by atoms with Crippen LogP contribution in [-0.4, -0.2) is 16.9 Å². The third-order valence-electron chi connectivity index (χ3n) is 2.84. The molecule has 2 heterocycles. The molecule has 92 valence electrons. The fraction of sp³-hybridized carbons (Fsp3) is 0.417. The van der Waals surface area contributed by atoms with Crippen LogP contribution in [0.1, 0.15) is 29.1 Å². The molecule has 0 aliphatic rings. The molecule has 1 unspecified atom stereocenters. The highest BCUT2D eigenvalue weighted by atomic mass is 32.1. The average Bonchev–Trinajstić information content (AvgIpc) is 2.93. The predicted molar refractivity (Wildman–Crippen MR) is 69.5 cm³/mol. The summed E-state index contributed by atoms with van der Waals surface area (Å²) in [4.78, 5) is 1.17. The van der Waals surface area contributed by atoms with Gasteiger partial charge in [0.2, 0.25) is 0 Å². The molecule has 0 radical (unpaired) electrons. The van der Waals surface area contributed by atoms with Crippen LogP contribution in [0.5, 0.6) is 5.75 Å². The molecule has 0 aliphatic heterocycles. The van der Waals surface area contributed by atoms with Crippen LogP contribution in [0.2, 0.25) is 0 Å². The van der Waals surface area contributed by atoms with Crippen molar-refractivity contribution >= 4 is 11.3 Å². The predicted octanol–water partition coefficient (Wildman–Crippen LogP) is 2.33. The maximum absolute atomic E-state index is 6.33. The van der Waals surface area contributed by atoms with E-state index in [1.54, 1.807) is 24.6 Å². The smallest absolute Gasteiger partial charge is 0.161 e. The monoisotopic (exact) mass is 251 g/mol. The number of hydrogen-bond donors (Lipinski definition) is 1. The van der Waals surface area contributed by atoms with E-state index in [4.69, 9.17) is 10.5 Å². The van der Waals surface area contributed by atoms with Gasteiger partial charge in [-0.05, 0) is 30.9 Å². The van der Waals surface area contributed by atoms with Gasteiger partial charge in [0.1, 0.15) is 5.69 Å². The Hall–Kier alpha value is -1.33. The Morgan fingerprint density at radius 2 is 2.35 bits per heavy atom. The lowest BCUT2D eigenvalue weighted by Gasteiger charge is -2.14. The van der Waals surface area contributed by atoms with Crippen molar-refractivity contribution in [3.63, 3.8) is 0 Å². The summed E-state index contributed by atoms with van der Waals surface area (Å²) in [6.45, 7) is 4.91. The van der Waals surface area contributed by atoms with Crippen LogP contribution in [-0.2, 0) is 6.54 Å². The highest BCUT2D eigenvalue weighted by Crippen LogP contribution is 2.32. The van der Waals surface area contributed by atoms with Gasteiger partial charge < -0.3 is 10.5 Å². The lowest BCUT2D eigenvalue weighted by molar-refractivity contribution is 0.405. The maximum atomic E-state index is 6.33. The van der Waals surface area contributed by atoms with Crippen molar-refractivity contribution in [3.8, 4) is 5.75 Å². The van der Waals surface area contributed by atoms with Crippen molar-refractivity contribution in [1.29, 1.82) is 0 Å². The molecule has 2 N–H and O–H groups in total. The number of aryl methyl sites for hydroxylation is 2. The summed E-state index contributed by atoms with van der Waals surface area (Å²) in [5.41, 5.74) is 8.49. The van der Waals surface area contributed by atoms with Crippen molar-refractivity contribution in [2.24, 2.45) is 5.73 Å². The second kappa shape index (κ2) is 4.89. The second-order valence-electron chi connectivity index (χ2n) is 3.86. The minimum Gasteiger partial charge on any atom is -0.493 e. The van der Waals surface area contributed by atoms with E-state index in [-0.39, 0.29) is 6.04 Å². The maximum Gasteiger partial charge on any atom is 0.161 e. The van der Waals surface area contributed by atoms with Crippen molar-refractivity contribution in [1.82, 2.24) is 9.78 Å². The molecule has 2 aromatic heterocycles. The number of rotatable bonds is 4. The fourth-order valence-corrected chi connectivity index (χ4v) is 2.86. The molecule has 0 bridgehead atoms. The van der Waals surface area contributed by atoms with Crippen molar-refractivity contribution in [2.45, 2.75) is 26.4 Å². The summed E-state index contributed by atoms with van der Waals surface area (Å²) < 4.78 is 7.22. The highest BCUT2D eigenvalue weighted by Gasteiger charge is 2.21. The van der Waals surface area contributed by atoms with Crippen molar-refractivity contribution < 1.29 is 4.74 Å². The minimum absolute atomic E-state index is 0.174. The van der Waals surface area contributed by atoms with Gasteiger partial charge in [0.25, 0.3) is 0 Å².